The number of hydrogen-bond donors (Lipinski definition) is 2. The molecular formula is C14H21NO3. The minimum Gasteiger partial charge on any atom is -0.444 e. The van der Waals surface area contributed by atoms with Crippen molar-refractivity contribution in [3.63, 3.8) is 0 Å². The summed E-state index contributed by atoms with van der Waals surface area (Å²) in [7, 11) is 0. The molecule has 4 heteroatoms. The molecule has 2 N–H and O–H groups in total. The number of hydrogen-bond acceptors (Lipinski definition) is 3. The number of aliphatic hydroxyl groups excluding tert-OH is 1. The zero-order valence-corrected chi connectivity index (χ0v) is 11.4. The Labute approximate surface area is 108 Å². The molecule has 1 rings (SSSR count). The van der Waals surface area contributed by atoms with E-state index in [0.29, 0.717) is 6.42 Å². The highest BCUT2D eigenvalue weighted by Gasteiger charge is 2.16. The summed E-state index contributed by atoms with van der Waals surface area (Å²) >= 11 is 0. The first-order chi connectivity index (χ1) is 8.31. The van der Waals surface area contributed by atoms with Crippen LogP contribution in [0.15, 0.2) is 18.2 Å². The van der Waals surface area contributed by atoms with Crippen molar-refractivity contribution < 1.29 is 14.6 Å². The second-order valence-corrected chi connectivity index (χ2v) is 5.25. The monoisotopic (exact) mass is 251 g/mol. The smallest absolute Gasteiger partial charge is 0.412 e. The molecule has 0 bridgehead atoms. The van der Waals surface area contributed by atoms with Crippen molar-refractivity contribution in [3.05, 3.63) is 29.3 Å². The maximum absolute atomic E-state index is 11.6. The lowest BCUT2D eigenvalue weighted by molar-refractivity contribution is 0.0636. The second kappa shape index (κ2) is 5.87. The number of carbonyl (C=O) groups excluding carboxylic acids is 1. The van der Waals surface area contributed by atoms with Crippen molar-refractivity contribution >= 4 is 11.8 Å². The van der Waals surface area contributed by atoms with Gasteiger partial charge >= 0.3 is 6.09 Å². The van der Waals surface area contributed by atoms with E-state index in [1.165, 1.54) is 0 Å². The predicted octanol–water partition coefficient (Wildman–Crippen LogP) is 2.88. The third kappa shape index (κ3) is 4.75. The van der Waals surface area contributed by atoms with E-state index in [2.05, 4.69) is 5.32 Å². The Morgan fingerprint density at radius 2 is 2.06 bits per heavy atom. The highest BCUT2D eigenvalue weighted by Crippen LogP contribution is 2.18. The summed E-state index contributed by atoms with van der Waals surface area (Å²) < 4.78 is 5.18. The molecule has 1 amide bonds. The number of amides is 1. The fraction of sp³-hybridized carbons (Fsp3) is 0.500. The molecule has 0 aliphatic rings. The van der Waals surface area contributed by atoms with E-state index in [1.54, 1.807) is 0 Å². The molecule has 0 radical (unpaired) electrons. The van der Waals surface area contributed by atoms with Crippen molar-refractivity contribution in [1.82, 2.24) is 0 Å². The van der Waals surface area contributed by atoms with E-state index in [1.807, 2.05) is 45.9 Å². The lowest BCUT2D eigenvalue weighted by Crippen LogP contribution is -2.27. The summed E-state index contributed by atoms with van der Waals surface area (Å²) in [4.78, 5) is 11.6. The SMILES string of the molecule is Cc1cc(CCO)ccc1NC(=O)OC(C)(C)C. The van der Waals surface area contributed by atoms with Crippen LogP contribution < -0.4 is 5.32 Å². The third-order valence-electron chi connectivity index (χ3n) is 2.33. The molecule has 18 heavy (non-hydrogen) atoms. The number of carbonyl (C=O) groups is 1. The average Bonchev–Trinajstić information content (AvgIpc) is 2.20. The molecule has 0 aliphatic carbocycles. The van der Waals surface area contributed by atoms with Gasteiger partial charge in [-0.3, -0.25) is 5.32 Å². The van der Waals surface area contributed by atoms with Crippen LogP contribution in [0.3, 0.4) is 0 Å². The Kier molecular flexibility index (Phi) is 4.73. The van der Waals surface area contributed by atoms with Crippen LogP contribution in [0.5, 0.6) is 0 Å². The molecule has 0 unspecified atom stereocenters. The van der Waals surface area contributed by atoms with Crippen LogP contribution in [0.2, 0.25) is 0 Å². The normalized spacial score (nSPS) is 11.2. The second-order valence-electron chi connectivity index (χ2n) is 5.25. The van der Waals surface area contributed by atoms with Crippen LogP contribution in [0, 0.1) is 6.92 Å². The van der Waals surface area contributed by atoms with Gasteiger partial charge in [0.05, 0.1) is 0 Å². The Bertz CT molecular complexity index is 422. The molecule has 0 atom stereocenters. The van der Waals surface area contributed by atoms with Gasteiger partial charge in [0.2, 0.25) is 0 Å². The van der Waals surface area contributed by atoms with E-state index in [4.69, 9.17) is 9.84 Å². The molecule has 0 heterocycles. The predicted molar refractivity (Wildman–Crippen MR) is 71.8 cm³/mol. The molecule has 0 spiro atoms. The van der Waals surface area contributed by atoms with Gasteiger partial charge in [-0.15, -0.1) is 0 Å². The van der Waals surface area contributed by atoms with E-state index < -0.39 is 11.7 Å². The summed E-state index contributed by atoms with van der Waals surface area (Å²) in [5, 5.41) is 11.6. The number of anilines is 1. The van der Waals surface area contributed by atoms with Crippen LogP contribution in [0.25, 0.3) is 0 Å². The van der Waals surface area contributed by atoms with Gasteiger partial charge in [0.1, 0.15) is 5.60 Å². The van der Waals surface area contributed by atoms with Gasteiger partial charge in [-0.05, 0) is 51.3 Å². The molecular weight excluding hydrogens is 230 g/mol. The van der Waals surface area contributed by atoms with Crippen molar-refractivity contribution in [2.45, 2.75) is 39.7 Å². The van der Waals surface area contributed by atoms with Crippen molar-refractivity contribution in [2.24, 2.45) is 0 Å². The van der Waals surface area contributed by atoms with Crippen LogP contribution in [-0.4, -0.2) is 23.4 Å². The zero-order valence-electron chi connectivity index (χ0n) is 11.4. The van der Waals surface area contributed by atoms with Gasteiger partial charge in [0.25, 0.3) is 0 Å². The maximum Gasteiger partial charge on any atom is 0.412 e. The standard InChI is InChI=1S/C14H21NO3/c1-10-9-11(7-8-16)5-6-12(10)15-13(17)18-14(2,3)4/h5-6,9,16H,7-8H2,1-4H3,(H,15,17). The van der Waals surface area contributed by atoms with E-state index >= 15 is 0 Å². The zero-order chi connectivity index (χ0) is 13.8. The summed E-state index contributed by atoms with van der Waals surface area (Å²) in [5.41, 5.74) is 2.22. The van der Waals surface area contributed by atoms with Crippen molar-refractivity contribution in [3.8, 4) is 0 Å². The van der Waals surface area contributed by atoms with Crippen LogP contribution in [0.1, 0.15) is 31.9 Å². The van der Waals surface area contributed by atoms with Crippen molar-refractivity contribution in [2.75, 3.05) is 11.9 Å². The number of benzene rings is 1. The van der Waals surface area contributed by atoms with Gasteiger partial charge in [0.15, 0.2) is 0 Å². The number of nitrogens with one attached hydrogen (secondary N) is 1. The Morgan fingerprint density at radius 1 is 1.39 bits per heavy atom. The molecule has 0 aromatic heterocycles. The Hall–Kier alpha value is -1.55. The summed E-state index contributed by atoms with van der Waals surface area (Å²) in [6.07, 6.45) is 0.161. The van der Waals surface area contributed by atoms with Crippen LogP contribution >= 0.6 is 0 Å². The molecule has 0 aliphatic heterocycles. The number of aliphatic hydroxyl groups is 1. The van der Waals surface area contributed by atoms with Crippen LogP contribution in [0.4, 0.5) is 10.5 Å². The molecule has 0 fully saturated rings. The van der Waals surface area contributed by atoms with E-state index in [9.17, 15) is 4.79 Å². The van der Waals surface area contributed by atoms with E-state index in [-0.39, 0.29) is 6.61 Å². The topological polar surface area (TPSA) is 58.6 Å². The van der Waals surface area contributed by atoms with E-state index in [0.717, 1.165) is 16.8 Å². The quantitative estimate of drug-likeness (QED) is 0.868. The van der Waals surface area contributed by atoms with Gasteiger partial charge in [-0.1, -0.05) is 12.1 Å². The minimum atomic E-state index is -0.505. The summed E-state index contributed by atoms with van der Waals surface area (Å²) in [5.74, 6) is 0. The first-order valence-corrected chi connectivity index (χ1v) is 6.02. The molecule has 100 valence electrons. The van der Waals surface area contributed by atoms with Gasteiger partial charge < -0.3 is 9.84 Å². The fourth-order valence-corrected chi connectivity index (χ4v) is 1.56. The first kappa shape index (κ1) is 14.5. The highest BCUT2D eigenvalue weighted by molar-refractivity contribution is 5.85. The third-order valence-corrected chi connectivity index (χ3v) is 2.33. The average molecular weight is 251 g/mol. The lowest BCUT2D eigenvalue weighted by Gasteiger charge is -2.20. The number of aryl methyl sites for hydroxylation is 1. The fourth-order valence-electron chi connectivity index (χ4n) is 1.56. The summed E-state index contributed by atoms with van der Waals surface area (Å²) in [6.45, 7) is 7.50. The largest absolute Gasteiger partial charge is 0.444 e. The highest BCUT2D eigenvalue weighted by atomic mass is 16.6. The van der Waals surface area contributed by atoms with Crippen molar-refractivity contribution in [1.29, 1.82) is 0 Å². The Balaban J connectivity index is 2.71. The molecule has 1 aromatic carbocycles. The lowest BCUT2D eigenvalue weighted by atomic mass is 10.1. The minimum absolute atomic E-state index is 0.123. The molecule has 0 saturated heterocycles. The van der Waals surface area contributed by atoms with Crippen LogP contribution in [-0.2, 0) is 11.2 Å². The number of ether oxygens (including phenoxy) is 1. The van der Waals surface area contributed by atoms with Gasteiger partial charge in [-0.25, -0.2) is 4.79 Å². The molecule has 0 saturated carbocycles. The Morgan fingerprint density at radius 3 is 2.56 bits per heavy atom. The van der Waals surface area contributed by atoms with Gasteiger partial charge in [0, 0.05) is 12.3 Å². The maximum atomic E-state index is 11.6. The molecule has 1 aromatic rings. The molecule has 4 nitrogen and oxygen atoms in total. The first-order valence-electron chi connectivity index (χ1n) is 6.02. The van der Waals surface area contributed by atoms with Gasteiger partial charge in [-0.2, -0.15) is 0 Å². The summed E-state index contributed by atoms with van der Waals surface area (Å²) in [6, 6.07) is 5.66. The number of rotatable bonds is 3.